The van der Waals surface area contributed by atoms with E-state index in [1.54, 1.807) is 0 Å². The molecule has 0 aromatic carbocycles. The van der Waals surface area contributed by atoms with E-state index in [9.17, 15) is 9.90 Å². The number of rotatable bonds is 13. The van der Waals surface area contributed by atoms with Crippen LogP contribution >= 0.6 is 0 Å². The van der Waals surface area contributed by atoms with Gasteiger partial charge in [0.25, 0.3) is 0 Å². The number of piperidine rings is 2. The molecular formula is C34H64N2O7. The molecule has 43 heavy (non-hydrogen) atoms. The van der Waals surface area contributed by atoms with Gasteiger partial charge in [0.05, 0.1) is 12.5 Å². The van der Waals surface area contributed by atoms with Gasteiger partial charge in [-0.15, -0.1) is 0 Å². The first-order valence-electron chi connectivity index (χ1n) is 17.7. The minimum absolute atomic E-state index is 0.00342. The van der Waals surface area contributed by atoms with E-state index in [1.807, 2.05) is 34.6 Å². The van der Waals surface area contributed by atoms with Crippen LogP contribution in [0.1, 0.15) is 112 Å². The average molecular weight is 613 g/mol. The number of aliphatic hydroxyl groups excluding tert-OH is 1. The van der Waals surface area contributed by atoms with E-state index < -0.39 is 0 Å². The second kappa shape index (κ2) is 19.0. The van der Waals surface area contributed by atoms with Crippen molar-refractivity contribution in [3.8, 4) is 0 Å². The minimum atomic E-state index is -0.373. The van der Waals surface area contributed by atoms with Crippen molar-refractivity contribution in [2.75, 3.05) is 65.8 Å². The average Bonchev–Trinajstić information content (AvgIpc) is 3.03. The largest absolute Gasteiger partial charge is 0.466 e. The lowest BCUT2D eigenvalue weighted by Crippen LogP contribution is -2.51. The lowest BCUT2D eigenvalue weighted by molar-refractivity contribution is -0.255. The molecule has 0 bridgehead atoms. The van der Waals surface area contributed by atoms with Crippen LogP contribution in [0.15, 0.2) is 0 Å². The Morgan fingerprint density at radius 2 is 0.977 bits per heavy atom. The summed E-state index contributed by atoms with van der Waals surface area (Å²) in [6.45, 7) is 17.9. The summed E-state index contributed by atoms with van der Waals surface area (Å²) in [7, 11) is 0. The fourth-order valence-electron chi connectivity index (χ4n) is 7.80. The number of esters is 1. The monoisotopic (exact) mass is 612 g/mol. The predicted molar refractivity (Wildman–Crippen MR) is 169 cm³/mol. The zero-order valence-electron chi connectivity index (χ0n) is 28.2. The normalized spacial score (nSPS) is 29.8. The smallest absolute Gasteiger partial charge is 0.308 e. The Morgan fingerprint density at radius 3 is 1.30 bits per heavy atom. The number of carbonyl (C=O) groups excluding carboxylic acids is 1. The minimum Gasteiger partial charge on any atom is -0.466 e. The molecule has 0 amide bonds. The van der Waals surface area contributed by atoms with Crippen molar-refractivity contribution in [2.24, 2.45) is 11.8 Å². The fourth-order valence-corrected chi connectivity index (χ4v) is 7.80. The van der Waals surface area contributed by atoms with Crippen LogP contribution in [0.5, 0.6) is 0 Å². The van der Waals surface area contributed by atoms with Crippen LogP contribution in [0.25, 0.3) is 0 Å². The zero-order chi connectivity index (χ0) is 31.1. The topological polar surface area (TPSA) is 89.9 Å². The van der Waals surface area contributed by atoms with Crippen LogP contribution in [0.3, 0.4) is 0 Å². The van der Waals surface area contributed by atoms with E-state index in [2.05, 4.69) is 9.80 Å². The highest BCUT2D eigenvalue weighted by molar-refractivity contribution is 5.72. The molecule has 0 radical (unpaired) electrons. The first-order valence-corrected chi connectivity index (χ1v) is 17.7. The molecule has 2 heterocycles. The number of likely N-dealkylation sites (tertiary alicyclic amines) is 2. The third kappa shape index (κ3) is 10.9. The van der Waals surface area contributed by atoms with Crippen LogP contribution in [0, 0.1) is 11.8 Å². The van der Waals surface area contributed by atoms with Gasteiger partial charge in [0.2, 0.25) is 0 Å². The predicted octanol–water partition coefficient (Wildman–Crippen LogP) is 5.38. The lowest BCUT2D eigenvalue weighted by Gasteiger charge is -2.45. The molecular weight excluding hydrogens is 548 g/mol. The number of hydrogen-bond donors (Lipinski definition) is 1. The maximum Gasteiger partial charge on any atom is 0.308 e. The zero-order valence-corrected chi connectivity index (χ0v) is 28.2. The van der Waals surface area contributed by atoms with Crippen molar-refractivity contribution in [1.29, 1.82) is 0 Å². The summed E-state index contributed by atoms with van der Waals surface area (Å²) in [5, 5.41) is 9.23. The van der Waals surface area contributed by atoms with Crippen LogP contribution in [0.2, 0.25) is 0 Å². The molecule has 2 saturated carbocycles. The summed E-state index contributed by atoms with van der Waals surface area (Å²) < 4.78 is 28.8. The molecule has 0 spiro atoms. The van der Waals surface area contributed by atoms with E-state index in [0.717, 1.165) is 90.8 Å². The SMILES string of the molecule is CCOC(=O)C1CCC(N2CCC(OCC)(OCC)CC2)CC1.CCOC1(OCC)CCN(C2CCC(CO)CC2)CC1. The quantitative estimate of drug-likeness (QED) is 0.218. The molecule has 4 aliphatic rings. The van der Waals surface area contributed by atoms with Gasteiger partial charge in [-0.1, -0.05) is 0 Å². The summed E-state index contributed by atoms with van der Waals surface area (Å²) in [4.78, 5) is 17.0. The summed E-state index contributed by atoms with van der Waals surface area (Å²) in [5.74, 6) is -0.0510. The van der Waals surface area contributed by atoms with Crippen LogP contribution in [-0.2, 0) is 28.5 Å². The van der Waals surface area contributed by atoms with Crippen LogP contribution < -0.4 is 0 Å². The van der Waals surface area contributed by atoms with Gasteiger partial charge in [-0.3, -0.25) is 14.6 Å². The molecule has 9 heteroatoms. The standard InChI is InChI=1S/C18H33NO4.C16H31NO3/c1-4-21-17(20)15-7-9-16(10-8-15)19-13-11-18(12-14-19,22-5-2)23-6-3;1-3-19-16(20-4-2)9-11-17(12-10-16)15-7-5-14(13-18)6-8-15/h15-16H,4-14H2,1-3H3;14-15,18H,3-13H2,1-2H3. The maximum absolute atomic E-state index is 11.8. The van der Waals surface area contributed by atoms with Crippen molar-refractivity contribution in [3.63, 3.8) is 0 Å². The Morgan fingerprint density at radius 1 is 0.605 bits per heavy atom. The first-order chi connectivity index (χ1) is 20.9. The molecule has 0 unspecified atom stereocenters. The summed E-state index contributed by atoms with van der Waals surface area (Å²) in [6.07, 6.45) is 12.8. The molecule has 0 aromatic rings. The molecule has 0 atom stereocenters. The van der Waals surface area contributed by atoms with Gasteiger partial charge in [0.15, 0.2) is 11.6 Å². The van der Waals surface area contributed by atoms with Crippen LogP contribution in [-0.4, -0.2) is 110 Å². The molecule has 1 N–H and O–H groups in total. The Bertz CT molecular complexity index is 736. The van der Waals surface area contributed by atoms with Gasteiger partial charge in [-0.05, 0) is 91.9 Å². The van der Waals surface area contributed by atoms with Crippen molar-refractivity contribution >= 4 is 5.97 Å². The van der Waals surface area contributed by atoms with Gasteiger partial charge in [-0.25, -0.2) is 0 Å². The lowest BCUT2D eigenvalue weighted by atomic mass is 9.84. The maximum atomic E-state index is 11.8. The molecule has 2 aliphatic carbocycles. The molecule has 9 nitrogen and oxygen atoms in total. The highest BCUT2D eigenvalue weighted by Gasteiger charge is 2.40. The Balaban J connectivity index is 0.000000238. The van der Waals surface area contributed by atoms with Gasteiger partial charge in [0, 0.05) is 97.0 Å². The third-order valence-corrected chi connectivity index (χ3v) is 10.2. The summed E-state index contributed by atoms with van der Waals surface area (Å²) in [6, 6.07) is 1.31. The second-order valence-electron chi connectivity index (χ2n) is 12.7. The summed E-state index contributed by atoms with van der Waals surface area (Å²) >= 11 is 0. The second-order valence-corrected chi connectivity index (χ2v) is 12.7. The number of nitrogens with zero attached hydrogens (tertiary/aromatic N) is 2. The van der Waals surface area contributed by atoms with E-state index in [-0.39, 0.29) is 23.5 Å². The molecule has 2 saturated heterocycles. The molecule has 4 fully saturated rings. The van der Waals surface area contributed by atoms with E-state index in [0.29, 0.717) is 44.4 Å². The Kier molecular flexibility index (Phi) is 16.2. The highest BCUT2D eigenvalue weighted by Crippen LogP contribution is 2.35. The van der Waals surface area contributed by atoms with E-state index in [4.69, 9.17) is 23.7 Å². The van der Waals surface area contributed by atoms with Gasteiger partial charge >= 0.3 is 5.97 Å². The van der Waals surface area contributed by atoms with Gasteiger partial charge in [0.1, 0.15) is 0 Å². The fraction of sp³-hybridized carbons (Fsp3) is 0.971. The Labute approximate surface area is 262 Å². The van der Waals surface area contributed by atoms with Crippen molar-refractivity contribution < 1.29 is 33.6 Å². The highest BCUT2D eigenvalue weighted by atomic mass is 16.7. The molecule has 0 aromatic heterocycles. The van der Waals surface area contributed by atoms with Crippen molar-refractivity contribution in [3.05, 3.63) is 0 Å². The first kappa shape index (κ1) is 36.7. The van der Waals surface area contributed by atoms with Crippen molar-refractivity contribution in [1.82, 2.24) is 9.80 Å². The number of aliphatic hydroxyl groups is 1. The van der Waals surface area contributed by atoms with Gasteiger partial charge in [-0.2, -0.15) is 0 Å². The molecule has 252 valence electrons. The van der Waals surface area contributed by atoms with Gasteiger partial charge < -0.3 is 28.8 Å². The number of hydrogen-bond acceptors (Lipinski definition) is 9. The number of ether oxygens (including phenoxy) is 5. The third-order valence-electron chi connectivity index (χ3n) is 10.2. The van der Waals surface area contributed by atoms with E-state index >= 15 is 0 Å². The number of carbonyl (C=O) groups is 1. The Hall–Kier alpha value is -0.810. The van der Waals surface area contributed by atoms with Crippen LogP contribution in [0.4, 0.5) is 0 Å². The molecule has 4 rings (SSSR count). The van der Waals surface area contributed by atoms with E-state index in [1.165, 1.54) is 25.7 Å². The molecule has 2 aliphatic heterocycles. The van der Waals surface area contributed by atoms with Crippen molar-refractivity contribution in [2.45, 2.75) is 135 Å². The summed E-state index contributed by atoms with van der Waals surface area (Å²) in [5.41, 5.74) is 0.